The van der Waals surface area contributed by atoms with Gasteiger partial charge in [0.1, 0.15) is 6.29 Å². The zero-order valence-corrected chi connectivity index (χ0v) is 15.4. The number of hydrogen-bond acceptors (Lipinski definition) is 4. The van der Waals surface area contributed by atoms with Gasteiger partial charge < -0.3 is 4.74 Å². The Bertz CT molecular complexity index is 1150. The molecule has 0 saturated carbocycles. The number of methoxy groups -OCH3 is 1. The van der Waals surface area contributed by atoms with Crippen molar-refractivity contribution in [2.24, 2.45) is 0 Å². The van der Waals surface area contributed by atoms with E-state index in [0.29, 0.717) is 17.1 Å². The summed E-state index contributed by atoms with van der Waals surface area (Å²) in [5, 5.41) is 0.984. The lowest BCUT2D eigenvalue weighted by molar-refractivity contribution is -0.104. The molecule has 2 aromatic heterocycles. The van der Waals surface area contributed by atoms with E-state index in [1.807, 2.05) is 72.8 Å². The molecule has 0 saturated heterocycles. The number of para-hydroxylation sites is 1. The van der Waals surface area contributed by atoms with Gasteiger partial charge in [0.25, 0.3) is 0 Å². The third-order valence-electron chi connectivity index (χ3n) is 4.56. The van der Waals surface area contributed by atoms with Crippen molar-refractivity contribution in [2.75, 3.05) is 7.11 Å². The monoisotopic (exact) mass is 366 g/mol. The molecule has 2 heterocycles. The van der Waals surface area contributed by atoms with E-state index in [4.69, 9.17) is 9.72 Å². The average Bonchev–Trinajstić information content (AvgIpc) is 2.77. The number of carbonyl (C=O) groups is 1. The minimum Gasteiger partial charge on any atom is -0.481 e. The van der Waals surface area contributed by atoms with Gasteiger partial charge in [-0.05, 0) is 29.8 Å². The van der Waals surface area contributed by atoms with E-state index in [1.54, 1.807) is 13.3 Å². The quantitative estimate of drug-likeness (QED) is 0.371. The fourth-order valence-corrected chi connectivity index (χ4v) is 3.38. The highest BCUT2D eigenvalue weighted by Crippen LogP contribution is 2.41. The number of ether oxygens (including phenoxy) is 1. The van der Waals surface area contributed by atoms with Crippen molar-refractivity contribution in [1.29, 1.82) is 0 Å². The van der Waals surface area contributed by atoms with Crippen LogP contribution in [0.5, 0.6) is 5.88 Å². The van der Waals surface area contributed by atoms with Crippen LogP contribution in [0.2, 0.25) is 0 Å². The van der Waals surface area contributed by atoms with Crippen molar-refractivity contribution < 1.29 is 9.53 Å². The molecule has 4 heteroatoms. The molecule has 0 amide bonds. The predicted molar refractivity (Wildman–Crippen MR) is 111 cm³/mol. The smallest absolute Gasteiger partial charge is 0.222 e. The molecule has 28 heavy (non-hydrogen) atoms. The number of carbonyl (C=O) groups excluding carboxylic acids is 1. The normalized spacial score (nSPS) is 11.4. The van der Waals surface area contributed by atoms with Gasteiger partial charge in [-0.25, -0.2) is 4.98 Å². The predicted octanol–water partition coefficient (Wildman–Crippen LogP) is 4.94. The van der Waals surface area contributed by atoms with Crippen LogP contribution in [0, 0.1) is 0 Å². The minimum absolute atomic E-state index is 0.455. The van der Waals surface area contributed by atoms with Crippen LogP contribution >= 0.6 is 0 Å². The number of allylic oxidation sites excluding steroid dienone is 1. The molecule has 2 aromatic carbocycles. The molecule has 0 aliphatic rings. The Hall–Kier alpha value is -3.79. The SMILES string of the molecule is COc1nc2ccccc2c(-c2ccccc2)c1/C(=C\C=O)c1ccccn1. The van der Waals surface area contributed by atoms with Gasteiger partial charge in [0.15, 0.2) is 0 Å². The maximum absolute atomic E-state index is 11.5. The summed E-state index contributed by atoms with van der Waals surface area (Å²) in [4.78, 5) is 20.7. The highest BCUT2D eigenvalue weighted by molar-refractivity contribution is 6.05. The molecule has 4 aromatic rings. The number of aldehydes is 1. The number of benzene rings is 2. The Balaban J connectivity index is 2.15. The lowest BCUT2D eigenvalue weighted by atomic mass is 9.90. The Labute approximate surface area is 163 Å². The molecular weight excluding hydrogens is 348 g/mol. The van der Waals surface area contributed by atoms with Gasteiger partial charge in [-0.1, -0.05) is 54.6 Å². The summed E-state index contributed by atoms with van der Waals surface area (Å²) in [5.41, 5.74) is 4.90. The van der Waals surface area contributed by atoms with Crippen molar-refractivity contribution in [2.45, 2.75) is 0 Å². The molecule has 0 N–H and O–H groups in total. The van der Waals surface area contributed by atoms with Crippen LogP contribution in [-0.2, 0) is 4.79 Å². The van der Waals surface area contributed by atoms with E-state index >= 15 is 0 Å². The van der Waals surface area contributed by atoms with E-state index in [-0.39, 0.29) is 0 Å². The Morgan fingerprint density at radius 1 is 0.929 bits per heavy atom. The summed E-state index contributed by atoms with van der Waals surface area (Å²) >= 11 is 0. The van der Waals surface area contributed by atoms with Crippen molar-refractivity contribution in [1.82, 2.24) is 9.97 Å². The standard InChI is InChI=1S/C24H18N2O2/c1-28-24-23(19(14-16-27)20-12-7-8-15-25-20)22(17-9-3-2-4-10-17)18-11-5-6-13-21(18)26-24/h2-16H,1H3/b19-14-. The van der Waals surface area contributed by atoms with Crippen LogP contribution in [0.4, 0.5) is 0 Å². The zero-order valence-electron chi connectivity index (χ0n) is 15.4. The second kappa shape index (κ2) is 7.84. The molecular formula is C24H18N2O2. The van der Waals surface area contributed by atoms with Gasteiger partial charge in [0.2, 0.25) is 5.88 Å². The maximum Gasteiger partial charge on any atom is 0.222 e. The first-order chi connectivity index (χ1) is 13.8. The number of aromatic nitrogens is 2. The number of rotatable bonds is 5. The molecule has 0 aliphatic heterocycles. The number of fused-ring (bicyclic) bond motifs is 1. The van der Waals surface area contributed by atoms with E-state index in [9.17, 15) is 4.79 Å². The zero-order chi connectivity index (χ0) is 19.3. The van der Waals surface area contributed by atoms with Crippen LogP contribution in [0.25, 0.3) is 27.6 Å². The molecule has 0 fully saturated rings. The summed E-state index contributed by atoms with van der Waals surface area (Å²) in [7, 11) is 1.59. The summed E-state index contributed by atoms with van der Waals surface area (Å²) in [6.45, 7) is 0. The van der Waals surface area contributed by atoms with Crippen LogP contribution in [0.3, 0.4) is 0 Å². The largest absolute Gasteiger partial charge is 0.481 e. The Kier molecular flexibility index (Phi) is 4.93. The summed E-state index contributed by atoms with van der Waals surface area (Å²) in [6, 6.07) is 23.6. The molecule has 0 aliphatic carbocycles. The minimum atomic E-state index is 0.455. The first-order valence-electron chi connectivity index (χ1n) is 8.93. The lowest BCUT2D eigenvalue weighted by Gasteiger charge is -2.18. The van der Waals surface area contributed by atoms with Crippen molar-refractivity contribution >= 4 is 22.8 Å². The van der Waals surface area contributed by atoms with Gasteiger partial charge in [-0.2, -0.15) is 0 Å². The van der Waals surface area contributed by atoms with Crippen LogP contribution in [0.15, 0.2) is 85.1 Å². The van der Waals surface area contributed by atoms with E-state index in [2.05, 4.69) is 4.98 Å². The van der Waals surface area contributed by atoms with Crippen molar-refractivity contribution in [3.8, 4) is 17.0 Å². The van der Waals surface area contributed by atoms with Gasteiger partial charge in [0, 0.05) is 22.7 Å². The molecule has 4 rings (SSSR count). The molecule has 136 valence electrons. The molecule has 0 atom stereocenters. The molecule has 0 spiro atoms. The maximum atomic E-state index is 11.5. The summed E-state index contributed by atoms with van der Waals surface area (Å²) in [6.07, 6.45) is 3.99. The van der Waals surface area contributed by atoms with E-state index in [1.165, 1.54) is 6.08 Å². The third-order valence-corrected chi connectivity index (χ3v) is 4.56. The van der Waals surface area contributed by atoms with Crippen molar-refractivity contribution in [3.63, 3.8) is 0 Å². The average molecular weight is 366 g/mol. The number of nitrogens with zero attached hydrogens (tertiary/aromatic N) is 2. The van der Waals surface area contributed by atoms with E-state index in [0.717, 1.165) is 33.9 Å². The van der Waals surface area contributed by atoms with Gasteiger partial charge in [0.05, 0.1) is 23.9 Å². The summed E-state index contributed by atoms with van der Waals surface area (Å²) < 4.78 is 5.67. The van der Waals surface area contributed by atoms with Crippen LogP contribution in [-0.4, -0.2) is 23.4 Å². The van der Waals surface area contributed by atoms with Crippen LogP contribution < -0.4 is 4.74 Å². The topological polar surface area (TPSA) is 52.1 Å². The van der Waals surface area contributed by atoms with Gasteiger partial charge in [-0.15, -0.1) is 0 Å². The molecule has 0 radical (unpaired) electrons. The van der Waals surface area contributed by atoms with Crippen LogP contribution in [0.1, 0.15) is 11.3 Å². The highest BCUT2D eigenvalue weighted by atomic mass is 16.5. The first-order valence-corrected chi connectivity index (χ1v) is 8.93. The highest BCUT2D eigenvalue weighted by Gasteiger charge is 2.22. The number of hydrogen-bond donors (Lipinski definition) is 0. The van der Waals surface area contributed by atoms with Gasteiger partial charge in [-0.3, -0.25) is 9.78 Å². The second-order valence-corrected chi connectivity index (χ2v) is 6.19. The molecule has 4 nitrogen and oxygen atoms in total. The van der Waals surface area contributed by atoms with E-state index < -0.39 is 0 Å². The molecule has 0 bridgehead atoms. The summed E-state index contributed by atoms with van der Waals surface area (Å²) in [5.74, 6) is 0.455. The second-order valence-electron chi connectivity index (χ2n) is 6.19. The fraction of sp³-hybridized carbons (Fsp3) is 0.0417. The Morgan fingerprint density at radius 2 is 1.68 bits per heavy atom. The van der Waals surface area contributed by atoms with Gasteiger partial charge >= 0.3 is 0 Å². The lowest BCUT2D eigenvalue weighted by Crippen LogP contribution is -2.02. The van der Waals surface area contributed by atoms with Crippen molar-refractivity contribution in [3.05, 3.63) is 96.3 Å². The number of pyridine rings is 2. The fourth-order valence-electron chi connectivity index (χ4n) is 3.38. The molecule has 0 unspecified atom stereocenters. The Morgan fingerprint density at radius 3 is 2.39 bits per heavy atom. The first kappa shape index (κ1) is 17.6. The third kappa shape index (κ3) is 3.16.